The van der Waals surface area contributed by atoms with Crippen LogP contribution in [0.4, 0.5) is 0 Å². The van der Waals surface area contributed by atoms with Crippen LogP contribution in [0.5, 0.6) is 11.5 Å². The molecule has 0 aliphatic heterocycles. The van der Waals surface area contributed by atoms with Gasteiger partial charge in [-0.25, -0.2) is 0 Å². The Hall–Kier alpha value is -1.48. The Kier molecular flexibility index (Phi) is 2.92. The lowest BCUT2D eigenvalue weighted by molar-refractivity contribution is 0.395. The van der Waals surface area contributed by atoms with E-state index in [0.717, 1.165) is 17.1 Å². The molecular weight excluding hydrogens is 208 g/mol. The van der Waals surface area contributed by atoms with Gasteiger partial charge in [0.2, 0.25) is 0 Å². The van der Waals surface area contributed by atoms with Crippen molar-refractivity contribution in [1.29, 1.82) is 0 Å². The molecule has 0 saturated heterocycles. The molecule has 0 radical (unpaired) electrons. The molecule has 0 atom stereocenters. The summed E-state index contributed by atoms with van der Waals surface area (Å²) in [5, 5.41) is 4.16. The van der Waals surface area contributed by atoms with Crippen LogP contribution in [0.2, 0.25) is 0 Å². The fourth-order valence-corrected chi connectivity index (χ4v) is 2.11. The molecular formula is C12H12O2S. The van der Waals surface area contributed by atoms with Crippen LogP contribution in [0.15, 0.2) is 35.0 Å². The van der Waals surface area contributed by atoms with E-state index in [0.29, 0.717) is 0 Å². The van der Waals surface area contributed by atoms with Crippen molar-refractivity contribution in [3.63, 3.8) is 0 Å². The van der Waals surface area contributed by atoms with Crippen molar-refractivity contribution in [2.45, 2.75) is 0 Å². The number of methoxy groups -OCH3 is 2. The van der Waals surface area contributed by atoms with Gasteiger partial charge in [0.1, 0.15) is 11.5 Å². The maximum atomic E-state index is 5.34. The van der Waals surface area contributed by atoms with Crippen LogP contribution in [0.25, 0.3) is 11.1 Å². The van der Waals surface area contributed by atoms with Crippen molar-refractivity contribution >= 4 is 11.3 Å². The number of benzene rings is 1. The lowest BCUT2D eigenvalue weighted by Gasteiger charge is -2.08. The van der Waals surface area contributed by atoms with Gasteiger partial charge in [0, 0.05) is 11.6 Å². The average molecular weight is 220 g/mol. The standard InChI is InChI=1S/C12H12O2S/c1-13-10-3-4-11(12(7-10)14-2)9-5-6-15-8-9/h3-8H,1-2H3. The number of thiophene rings is 1. The number of hydrogen-bond donors (Lipinski definition) is 0. The molecule has 0 spiro atoms. The Labute approximate surface area is 93.1 Å². The summed E-state index contributed by atoms with van der Waals surface area (Å²) in [4.78, 5) is 0. The van der Waals surface area contributed by atoms with Gasteiger partial charge >= 0.3 is 0 Å². The van der Waals surface area contributed by atoms with Crippen LogP contribution in [-0.2, 0) is 0 Å². The quantitative estimate of drug-likeness (QED) is 0.789. The van der Waals surface area contributed by atoms with E-state index in [1.165, 1.54) is 5.56 Å². The second kappa shape index (κ2) is 4.36. The third-order valence-corrected chi connectivity index (χ3v) is 2.92. The van der Waals surface area contributed by atoms with Gasteiger partial charge in [0.05, 0.1) is 14.2 Å². The summed E-state index contributed by atoms with van der Waals surface area (Å²) >= 11 is 1.68. The first-order chi connectivity index (χ1) is 7.35. The van der Waals surface area contributed by atoms with Gasteiger partial charge in [0.15, 0.2) is 0 Å². The van der Waals surface area contributed by atoms with E-state index in [2.05, 4.69) is 16.8 Å². The lowest BCUT2D eigenvalue weighted by Crippen LogP contribution is -1.89. The van der Waals surface area contributed by atoms with E-state index >= 15 is 0 Å². The van der Waals surface area contributed by atoms with Crippen molar-refractivity contribution in [1.82, 2.24) is 0 Å². The molecule has 0 amide bonds. The van der Waals surface area contributed by atoms with E-state index in [9.17, 15) is 0 Å². The Morgan fingerprint density at radius 3 is 2.53 bits per heavy atom. The number of rotatable bonds is 3. The molecule has 0 saturated carbocycles. The Morgan fingerprint density at radius 1 is 1.07 bits per heavy atom. The highest BCUT2D eigenvalue weighted by Crippen LogP contribution is 2.34. The van der Waals surface area contributed by atoms with Crippen LogP contribution < -0.4 is 9.47 Å². The minimum atomic E-state index is 0.811. The lowest BCUT2D eigenvalue weighted by atomic mass is 10.1. The van der Waals surface area contributed by atoms with E-state index in [-0.39, 0.29) is 0 Å². The minimum absolute atomic E-state index is 0.811. The molecule has 1 aromatic heterocycles. The molecule has 0 unspecified atom stereocenters. The summed E-state index contributed by atoms with van der Waals surface area (Å²) in [5.74, 6) is 1.65. The Bertz CT molecular complexity index is 435. The summed E-state index contributed by atoms with van der Waals surface area (Å²) in [5.41, 5.74) is 2.28. The van der Waals surface area contributed by atoms with E-state index in [1.54, 1.807) is 25.6 Å². The van der Waals surface area contributed by atoms with Gasteiger partial charge in [-0.1, -0.05) is 0 Å². The molecule has 2 rings (SSSR count). The van der Waals surface area contributed by atoms with Crippen molar-refractivity contribution in [2.24, 2.45) is 0 Å². The first-order valence-corrected chi connectivity index (χ1v) is 5.54. The zero-order valence-electron chi connectivity index (χ0n) is 8.69. The van der Waals surface area contributed by atoms with Crippen LogP contribution in [0.1, 0.15) is 0 Å². The van der Waals surface area contributed by atoms with Gasteiger partial charge in [-0.05, 0) is 34.5 Å². The van der Waals surface area contributed by atoms with Gasteiger partial charge in [-0.3, -0.25) is 0 Å². The monoisotopic (exact) mass is 220 g/mol. The molecule has 2 aromatic rings. The molecule has 15 heavy (non-hydrogen) atoms. The van der Waals surface area contributed by atoms with Crippen LogP contribution in [-0.4, -0.2) is 14.2 Å². The zero-order chi connectivity index (χ0) is 10.7. The minimum Gasteiger partial charge on any atom is -0.497 e. The van der Waals surface area contributed by atoms with E-state index in [4.69, 9.17) is 9.47 Å². The first-order valence-electron chi connectivity index (χ1n) is 4.59. The zero-order valence-corrected chi connectivity index (χ0v) is 9.51. The van der Waals surface area contributed by atoms with Crippen LogP contribution >= 0.6 is 11.3 Å². The fraction of sp³-hybridized carbons (Fsp3) is 0.167. The smallest absolute Gasteiger partial charge is 0.130 e. The summed E-state index contributed by atoms with van der Waals surface area (Å²) in [6, 6.07) is 7.93. The Balaban J connectivity index is 2.48. The number of ether oxygens (including phenoxy) is 2. The SMILES string of the molecule is COc1ccc(-c2ccsc2)c(OC)c1. The summed E-state index contributed by atoms with van der Waals surface area (Å²) < 4.78 is 10.5. The van der Waals surface area contributed by atoms with Crippen molar-refractivity contribution in [3.05, 3.63) is 35.0 Å². The molecule has 0 N–H and O–H groups in total. The third-order valence-electron chi connectivity index (χ3n) is 2.24. The van der Waals surface area contributed by atoms with Crippen molar-refractivity contribution in [2.75, 3.05) is 14.2 Å². The molecule has 0 aliphatic rings. The third kappa shape index (κ3) is 1.97. The molecule has 0 fully saturated rings. The van der Waals surface area contributed by atoms with Gasteiger partial charge in [-0.15, -0.1) is 0 Å². The predicted molar refractivity (Wildman–Crippen MR) is 62.9 cm³/mol. The molecule has 1 heterocycles. The molecule has 78 valence electrons. The number of hydrogen-bond acceptors (Lipinski definition) is 3. The largest absolute Gasteiger partial charge is 0.497 e. The normalized spacial score (nSPS) is 10.0. The second-order valence-corrected chi connectivity index (χ2v) is 3.86. The highest BCUT2D eigenvalue weighted by molar-refractivity contribution is 7.08. The van der Waals surface area contributed by atoms with Gasteiger partial charge < -0.3 is 9.47 Å². The van der Waals surface area contributed by atoms with E-state index in [1.807, 2.05) is 18.2 Å². The highest BCUT2D eigenvalue weighted by atomic mass is 32.1. The summed E-state index contributed by atoms with van der Waals surface area (Å²) in [6.45, 7) is 0. The van der Waals surface area contributed by atoms with Gasteiger partial charge in [-0.2, -0.15) is 11.3 Å². The fourth-order valence-electron chi connectivity index (χ4n) is 1.45. The molecule has 0 aliphatic carbocycles. The van der Waals surface area contributed by atoms with Crippen molar-refractivity contribution in [3.8, 4) is 22.6 Å². The molecule has 2 nitrogen and oxygen atoms in total. The second-order valence-electron chi connectivity index (χ2n) is 3.08. The summed E-state index contributed by atoms with van der Waals surface area (Å²) in [7, 11) is 3.32. The van der Waals surface area contributed by atoms with Crippen LogP contribution in [0.3, 0.4) is 0 Å². The maximum Gasteiger partial charge on any atom is 0.130 e. The molecule has 0 bridgehead atoms. The van der Waals surface area contributed by atoms with Crippen molar-refractivity contribution < 1.29 is 9.47 Å². The topological polar surface area (TPSA) is 18.5 Å². The summed E-state index contributed by atoms with van der Waals surface area (Å²) in [6.07, 6.45) is 0. The van der Waals surface area contributed by atoms with Crippen LogP contribution in [0, 0.1) is 0 Å². The van der Waals surface area contributed by atoms with E-state index < -0.39 is 0 Å². The predicted octanol–water partition coefficient (Wildman–Crippen LogP) is 3.43. The Morgan fingerprint density at radius 2 is 1.93 bits per heavy atom. The molecule has 1 aromatic carbocycles. The van der Waals surface area contributed by atoms with Gasteiger partial charge in [0.25, 0.3) is 0 Å². The maximum absolute atomic E-state index is 5.34. The first kappa shape index (κ1) is 10.1. The highest BCUT2D eigenvalue weighted by Gasteiger charge is 2.07. The average Bonchev–Trinajstić information content (AvgIpc) is 2.81. The molecule has 3 heteroatoms.